The third-order valence-electron chi connectivity index (χ3n) is 4.12. The topological polar surface area (TPSA) is 57.3 Å². The second kappa shape index (κ2) is 7.88. The summed E-state index contributed by atoms with van der Waals surface area (Å²) in [6.07, 6.45) is 3.65. The van der Waals surface area contributed by atoms with Crippen molar-refractivity contribution < 1.29 is 9.18 Å². The molecule has 0 saturated carbocycles. The quantitative estimate of drug-likeness (QED) is 0.887. The molecule has 1 aromatic carbocycles. The summed E-state index contributed by atoms with van der Waals surface area (Å²) in [5, 5.41) is 5.69. The first kappa shape index (κ1) is 16.4. The maximum absolute atomic E-state index is 12.9. The number of anilines is 1. The summed E-state index contributed by atoms with van der Waals surface area (Å²) in [6, 6.07) is 11.6. The van der Waals surface area contributed by atoms with E-state index in [0.717, 1.165) is 38.2 Å². The number of rotatable bonds is 5. The highest BCUT2D eigenvalue weighted by atomic mass is 19.1. The SMILES string of the molecule is O=C(Nc1ccc(F)cc1)N[C@@H]1CCN(CCc2ccccn2)C1. The molecule has 0 aliphatic carbocycles. The number of hydrogen-bond acceptors (Lipinski definition) is 3. The van der Waals surface area contributed by atoms with Crippen molar-refractivity contribution in [2.45, 2.75) is 18.9 Å². The molecule has 126 valence electrons. The number of likely N-dealkylation sites (tertiary alicyclic amines) is 1. The fourth-order valence-electron chi connectivity index (χ4n) is 2.86. The molecule has 2 amide bonds. The van der Waals surface area contributed by atoms with Crippen molar-refractivity contribution in [3.05, 3.63) is 60.2 Å². The lowest BCUT2D eigenvalue weighted by atomic mass is 10.2. The molecular formula is C18H21FN4O. The highest BCUT2D eigenvalue weighted by Crippen LogP contribution is 2.11. The largest absolute Gasteiger partial charge is 0.334 e. The standard InChI is InChI=1S/C18H21FN4O/c19-14-4-6-16(7-5-14)21-18(24)22-17-9-12-23(13-17)11-8-15-3-1-2-10-20-15/h1-7,10,17H,8-9,11-13H2,(H2,21,22,24)/t17-/m1/s1. The molecule has 24 heavy (non-hydrogen) atoms. The average molecular weight is 328 g/mol. The summed E-state index contributed by atoms with van der Waals surface area (Å²) in [5.74, 6) is -0.319. The van der Waals surface area contributed by atoms with Gasteiger partial charge < -0.3 is 15.5 Å². The highest BCUT2D eigenvalue weighted by molar-refractivity contribution is 5.89. The maximum Gasteiger partial charge on any atom is 0.319 e. The number of benzene rings is 1. The van der Waals surface area contributed by atoms with Crippen molar-refractivity contribution in [1.29, 1.82) is 0 Å². The van der Waals surface area contributed by atoms with Crippen molar-refractivity contribution in [3.63, 3.8) is 0 Å². The molecule has 1 aliphatic rings. The second-order valence-corrected chi connectivity index (χ2v) is 5.96. The highest BCUT2D eigenvalue weighted by Gasteiger charge is 2.23. The van der Waals surface area contributed by atoms with Crippen LogP contribution in [0.4, 0.5) is 14.9 Å². The van der Waals surface area contributed by atoms with Gasteiger partial charge in [-0.15, -0.1) is 0 Å². The van der Waals surface area contributed by atoms with E-state index in [2.05, 4.69) is 20.5 Å². The number of urea groups is 1. The molecule has 1 fully saturated rings. The van der Waals surface area contributed by atoms with Crippen LogP contribution in [-0.4, -0.2) is 41.6 Å². The van der Waals surface area contributed by atoms with Gasteiger partial charge in [-0.1, -0.05) is 6.07 Å². The monoisotopic (exact) mass is 328 g/mol. The summed E-state index contributed by atoms with van der Waals surface area (Å²) in [5.41, 5.74) is 1.67. The Labute approximate surface area is 140 Å². The van der Waals surface area contributed by atoms with E-state index in [1.807, 2.05) is 24.4 Å². The number of nitrogens with zero attached hydrogens (tertiary/aromatic N) is 2. The number of pyridine rings is 1. The summed E-state index contributed by atoms with van der Waals surface area (Å²) in [4.78, 5) is 18.7. The van der Waals surface area contributed by atoms with E-state index in [0.29, 0.717) is 5.69 Å². The fourth-order valence-corrected chi connectivity index (χ4v) is 2.86. The summed E-state index contributed by atoms with van der Waals surface area (Å²) in [6.45, 7) is 2.74. The van der Waals surface area contributed by atoms with Gasteiger partial charge in [0, 0.05) is 49.7 Å². The molecule has 5 nitrogen and oxygen atoms in total. The van der Waals surface area contributed by atoms with Crippen molar-refractivity contribution in [3.8, 4) is 0 Å². The zero-order valence-electron chi connectivity index (χ0n) is 13.4. The minimum atomic E-state index is -0.319. The number of amides is 2. The van der Waals surface area contributed by atoms with Crippen LogP contribution in [0.1, 0.15) is 12.1 Å². The number of halogens is 1. The van der Waals surface area contributed by atoms with Crippen LogP contribution in [0.15, 0.2) is 48.7 Å². The number of carbonyl (C=O) groups is 1. The Kier molecular flexibility index (Phi) is 5.38. The number of carbonyl (C=O) groups excluding carboxylic acids is 1. The van der Waals surface area contributed by atoms with Gasteiger partial charge in [0.1, 0.15) is 5.82 Å². The van der Waals surface area contributed by atoms with Crippen LogP contribution in [0.5, 0.6) is 0 Å². The van der Waals surface area contributed by atoms with Gasteiger partial charge in [0.2, 0.25) is 0 Å². The molecule has 0 bridgehead atoms. The molecule has 2 aromatic rings. The Bertz CT molecular complexity index is 662. The Morgan fingerprint density at radius 3 is 2.83 bits per heavy atom. The number of nitrogens with one attached hydrogen (secondary N) is 2. The van der Waals surface area contributed by atoms with Gasteiger partial charge in [0.15, 0.2) is 0 Å². The molecule has 2 heterocycles. The number of hydrogen-bond donors (Lipinski definition) is 2. The van der Waals surface area contributed by atoms with Gasteiger partial charge in [0.05, 0.1) is 0 Å². The molecule has 3 rings (SSSR count). The zero-order valence-corrected chi connectivity index (χ0v) is 13.4. The van der Waals surface area contributed by atoms with Crippen LogP contribution in [0.25, 0.3) is 0 Å². The minimum Gasteiger partial charge on any atom is -0.334 e. The Balaban J connectivity index is 1.40. The molecule has 0 spiro atoms. The van der Waals surface area contributed by atoms with Gasteiger partial charge >= 0.3 is 6.03 Å². The van der Waals surface area contributed by atoms with Crippen molar-refractivity contribution >= 4 is 11.7 Å². The van der Waals surface area contributed by atoms with Crippen LogP contribution >= 0.6 is 0 Å². The molecule has 2 N–H and O–H groups in total. The Hall–Kier alpha value is -2.47. The van der Waals surface area contributed by atoms with E-state index in [9.17, 15) is 9.18 Å². The Morgan fingerprint density at radius 1 is 1.25 bits per heavy atom. The molecule has 1 aliphatic heterocycles. The predicted octanol–water partition coefficient (Wildman–Crippen LogP) is 2.66. The van der Waals surface area contributed by atoms with Crippen LogP contribution < -0.4 is 10.6 Å². The summed E-state index contributed by atoms with van der Waals surface area (Å²) >= 11 is 0. The lowest BCUT2D eigenvalue weighted by Gasteiger charge is -2.16. The zero-order chi connectivity index (χ0) is 16.8. The van der Waals surface area contributed by atoms with Crippen molar-refractivity contribution in [2.75, 3.05) is 25.0 Å². The van der Waals surface area contributed by atoms with E-state index in [1.165, 1.54) is 12.1 Å². The molecule has 0 radical (unpaired) electrons. The third kappa shape index (κ3) is 4.76. The van der Waals surface area contributed by atoms with Gasteiger partial charge in [-0.25, -0.2) is 9.18 Å². The lowest BCUT2D eigenvalue weighted by molar-refractivity contribution is 0.247. The first-order chi connectivity index (χ1) is 11.7. The van der Waals surface area contributed by atoms with Gasteiger partial charge in [-0.3, -0.25) is 4.98 Å². The van der Waals surface area contributed by atoms with Gasteiger partial charge in [0.25, 0.3) is 0 Å². The minimum absolute atomic E-state index is 0.134. The van der Waals surface area contributed by atoms with Crippen LogP contribution in [0.3, 0.4) is 0 Å². The first-order valence-corrected chi connectivity index (χ1v) is 8.14. The maximum atomic E-state index is 12.9. The molecular weight excluding hydrogens is 307 g/mol. The fraction of sp³-hybridized carbons (Fsp3) is 0.333. The van der Waals surface area contributed by atoms with Crippen LogP contribution in [0, 0.1) is 5.82 Å². The molecule has 0 unspecified atom stereocenters. The van der Waals surface area contributed by atoms with E-state index < -0.39 is 0 Å². The normalized spacial score (nSPS) is 17.6. The summed E-state index contributed by atoms with van der Waals surface area (Å²) in [7, 11) is 0. The number of aromatic nitrogens is 1. The molecule has 6 heteroatoms. The van der Waals surface area contributed by atoms with Crippen LogP contribution in [0.2, 0.25) is 0 Å². The van der Waals surface area contributed by atoms with Crippen LogP contribution in [-0.2, 0) is 6.42 Å². The van der Waals surface area contributed by atoms with Crippen molar-refractivity contribution in [1.82, 2.24) is 15.2 Å². The third-order valence-corrected chi connectivity index (χ3v) is 4.12. The lowest BCUT2D eigenvalue weighted by Crippen LogP contribution is -2.39. The Morgan fingerprint density at radius 2 is 2.08 bits per heavy atom. The van der Waals surface area contributed by atoms with E-state index in [-0.39, 0.29) is 17.9 Å². The van der Waals surface area contributed by atoms with E-state index >= 15 is 0 Å². The summed E-state index contributed by atoms with van der Waals surface area (Å²) < 4.78 is 12.9. The first-order valence-electron chi connectivity index (χ1n) is 8.14. The average Bonchev–Trinajstić information content (AvgIpc) is 3.03. The molecule has 1 saturated heterocycles. The second-order valence-electron chi connectivity index (χ2n) is 5.96. The molecule has 1 atom stereocenters. The van der Waals surface area contributed by atoms with E-state index in [4.69, 9.17) is 0 Å². The smallest absolute Gasteiger partial charge is 0.319 e. The molecule has 1 aromatic heterocycles. The van der Waals surface area contributed by atoms with Crippen molar-refractivity contribution in [2.24, 2.45) is 0 Å². The van der Waals surface area contributed by atoms with Gasteiger partial charge in [-0.2, -0.15) is 0 Å². The predicted molar refractivity (Wildman–Crippen MR) is 91.3 cm³/mol. The van der Waals surface area contributed by atoms with E-state index in [1.54, 1.807) is 12.1 Å². The van der Waals surface area contributed by atoms with Gasteiger partial charge in [-0.05, 0) is 42.8 Å².